The summed E-state index contributed by atoms with van der Waals surface area (Å²) < 4.78 is 8.34. The average molecular weight is 282 g/mol. The van der Waals surface area contributed by atoms with Crippen LogP contribution in [0.2, 0.25) is 0 Å². The van der Waals surface area contributed by atoms with E-state index in [1.165, 1.54) is 0 Å². The molecule has 0 fully saturated rings. The summed E-state index contributed by atoms with van der Waals surface area (Å²) in [5.41, 5.74) is 2.03. The van der Waals surface area contributed by atoms with Crippen molar-refractivity contribution in [1.82, 2.24) is 14.8 Å². The van der Waals surface area contributed by atoms with Crippen LogP contribution >= 0.6 is 15.9 Å². The van der Waals surface area contributed by atoms with Crippen LogP contribution in [0.4, 0.5) is 0 Å². The summed E-state index contributed by atoms with van der Waals surface area (Å²) in [6.07, 6.45) is 3.41. The Kier molecular flexibility index (Phi) is 3.24. The molecular formula is C11H12BrN3O. The zero-order valence-electron chi connectivity index (χ0n) is 9.14. The van der Waals surface area contributed by atoms with Gasteiger partial charge in [-0.25, -0.2) is 0 Å². The maximum atomic E-state index is 5.61. The van der Waals surface area contributed by atoms with E-state index in [1.54, 1.807) is 12.4 Å². The first-order valence-electron chi connectivity index (χ1n) is 4.88. The van der Waals surface area contributed by atoms with Gasteiger partial charge in [0.05, 0.1) is 17.6 Å². The molecule has 0 spiro atoms. The molecule has 0 aliphatic rings. The molecule has 2 aromatic rings. The first kappa shape index (κ1) is 11.1. The molecule has 16 heavy (non-hydrogen) atoms. The van der Waals surface area contributed by atoms with Gasteiger partial charge in [0.25, 0.3) is 0 Å². The van der Waals surface area contributed by atoms with E-state index in [0.717, 1.165) is 21.6 Å². The molecular weight excluding hydrogens is 270 g/mol. The van der Waals surface area contributed by atoms with E-state index in [2.05, 4.69) is 26.0 Å². The number of nitrogens with zero attached hydrogens (tertiary/aromatic N) is 3. The van der Waals surface area contributed by atoms with Crippen LogP contribution in [0.1, 0.15) is 11.4 Å². The highest BCUT2D eigenvalue weighted by Gasteiger charge is 2.03. The molecule has 0 amide bonds. The highest BCUT2D eigenvalue weighted by molar-refractivity contribution is 9.10. The molecule has 0 aromatic carbocycles. The predicted molar refractivity (Wildman–Crippen MR) is 64.2 cm³/mol. The van der Waals surface area contributed by atoms with Crippen molar-refractivity contribution in [3.63, 3.8) is 0 Å². The second-order valence-corrected chi connectivity index (χ2v) is 4.44. The Balaban J connectivity index is 2.05. The van der Waals surface area contributed by atoms with Crippen LogP contribution in [0.25, 0.3) is 0 Å². The fourth-order valence-electron chi connectivity index (χ4n) is 1.43. The minimum Gasteiger partial charge on any atom is -0.486 e. The van der Waals surface area contributed by atoms with Gasteiger partial charge in [-0.05, 0) is 35.0 Å². The first-order chi connectivity index (χ1) is 7.65. The van der Waals surface area contributed by atoms with Crippen molar-refractivity contribution in [2.24, 2.45) is 7.05 Å². The maximum Gasteiger partial charge on any atom is 0.139 e. The third-order valence-electron chi connectivity index (χ3n) is 2.17. The lowest BCUT2D eigenvalue weighted by molar-refractivity contribution is 0.293. The van der Waals surface area contributed by atoms with Crippen LogP contribution in [-0.2, 0) is 13.7 Å². The molecule has 0 radical (unpaired) electrons. The van der Waals surface area contributed by atoms with Crippen LogP contribution in [0.3, 0.4) is 0 Å². The largest absolute Gasteiger partial charge is 0.486 e. The molecule has 0 atom stereocenters. The molecule has 0 saturated heterocycles. The van der Waals surface area contributed by atoms with E-state index in [9.17, 15) is 0 Å². The zero-order valence-corrected chi connectivity index (χ0v) is 10.7. The molecule has 2 heterocycles. The third-order valence-corrected chi connectivity index (χ3v) is 2.60. The molecule has 0 unspecified atom stereocenters. The Hall–Kier alpha value is -1.36. The fraction of sp³-hybridized carbons (Fsp3) is 0.273. The van der Waals surface area contributed by atoms with Gasteiger partial charge in [0.15, 0.2) is 0 Å². The monoisotopic (exact) mass is 281 g/mol. The van der Waals surface area contributed by atoms with E-state index in [4.69, 9.17) is 4.74 Å². The summed E-state index contributed by atoms with van der Waals surface area (Å²) in [7, 11) is 1.91. The summed E-state index contributed by atoms with van der Waals surface area (Å²) in [4.78, 5) is 4.03. The van der Waals surface area contributed by atoms with Crippen LogP contribution < -0.4 is 4.74 Å². The molecule has 4 nitrogen and oxygen atoms in total. The van der Waals surface area contributed by atoms with Crippen molar-refractivity contribution in [3.05, 3.63) is 40.4 Å². The molecule has 0 aliphatic carbocycles. The Morgan fingerprint density at radius 2 is 2.19 bits per heavy atom. The summed E-state index contributed by atoms with van der Waals surface area (Å²) in [5.74, 6) is 0.744. The molecule has 2 rings (SSSR count). The van der Waals surface area contributed by atoms with E-state index in [1.807, 2.05) is 30.8 Å². The number of halogens is 1. The number of aromatic nitrogens is 3. The minimum absolute atomic E-state index is 0.496. The number of rotatable bonds is 3. The average Bonchev–Trinajstić information content (AvgIpc) is 2.54. The van der Waals surface area contributed by atoms with Gasteiger partial charge < -0.3 is 4.74 Å². The minimum atomic E-state index is 0.496. The lowest BCUT2D eigenvalue weighted by Gasteiger charge is -2.05. The Labute approximate surface area is 102 Å². The number of pyridine rings is 1. The van der Waals surface area contributed by atoms with Gasteiger partial charge in [-0.15, -0.1) is 0 Å². The highest BCUT2D eigenvalue weighted by atomic mass is 79.9. The van der Waals surface area contributed by atoms with Gasteiger partial charge in [-0.2, -0.15) is 5.10 Å². The van der Waals surface area contributed by atoms with E-state index < -0.39 is 0 Å². The molecule has 2 aromatic heterocycles. The van der Waals surface area contributed by atoms with Crippen LogP contribution in [-0.4, -0.2) is 14.8 Å². The number of ether oxygens (including phenoxy) is 1. The highest BCUT2D eigenvalue weighted by Crippen LogP contribution is 2.17. The number of hydrogen-bond acceptors (Lipinski definition) is 3. The molecule has 0 aliphatic heterocycles. The summed E-state index contributed by atoms with van der Waals surface area (Å²) in [6, 6.07) is 3.89. The maximum absolute atomic E-state index is 5.61. The molecule has 5 heteroatoms. The summed E-state index contributed by atoms with van der Waals surface area (Å²) in [5, 5.41) is 4.25. The standard InChI is InChI=1S/C11H12BrN3O/c1-8-3-10(15(2)14-8)7-16-11-4-9(12)5-13-6-11/h3-6H,7H2,1-2H3. The Morgan fingerprint density at radius 3 is 2.81 bits per heavy atom. The fourth-order valence-corrected chi connectivity index (χ4v) is 1.77. The van der Waals surface area contributed by atoms with Crippen molar-refractivity contribution in [1.29, 1.82) is 0 Å². The number of hydrogen-bond donors (Lipinski definition) is 0. The van der Waals surface area contributed by atoms with Gasteiger partial charge in [-0.3, -0.25) is 9.67 Å². The van der Waals surface area contributed by atoms with Crippen molar-refractivity contribution < 1.29 is 4.74 Å². The second kappa shape index (κ2) is 4.65. The number of aryl methyl sites for hydroxylation is 2. The van der Waals surface area contributed by atoms with Crippen LogP contribution in [0, 0.1) is 6.92 Å². The van der Waals surface area contributed by atoms with Crippen molar-refractivity contribution in [3.8, 4) is 5.75 Å². The Bertz CT molecular complexity index is 496. The smallest absolute Gasteiger partial charge is 0.139 e. The van der Waals surface area contributed by atoms with Gasteiger partial charge in [0.1, 0.15) is 12.4 Å². The second-order valence-electron chi connectivity index (χ2n) is 3.53. The molecule has 0 N–H and O–H groups in total. The Morgan fingerprint density at radius 1 is 1.38 bits per heavy atom. The van der Waals surface area contributed by atoms with Crippen molar-refractivity contribution in [2.75, 3.05) is 0 Å². The normalized spacial score (nSPS) is 10.4. The zero-order chi connectivity index (χ0) is 11.5. The molecule has 0 bridgehead atoms. The van der Waals surface area contributed by atoms with Crippen molar-refractivity contribution in [2.45, 2.75) is 13.5 Å². The predicted octanol–water partition coefficient (Wildman–Crippen LogP) is 2.47. The molecule has 0 saturated carbocycles. The van der Waals surface area contributed by atoms with Crippen LogP contribution in [0.5, 0.6) is 5.75 Å². The molecule has 84 valence electrons. The lowest BCUT2D eigenvalue weighted by atomic mass is 10.4. The van der Waals surface area contributed by atoms with Gasteiger partial charge in [0.2, 0.25) is 0 Å². The van der Waals surface area contributed by atoms with Gasteiger partial charge >= 0.3 is 0 Å². The summed E-state index contributed by atoms with van der Waals surface area (Å²) >= 11 is 3.35. The third kappa shape index (κ3) is 2.61. The summed E-state index contributed by atoms with van der Waals surface area (Å²) in [6.45, 7) is 2.46. The lowest BCUT2D eigenvalue weighted by Crippen LogP contribution is -2.03. The van der Waals surface area contributed by atoms with Crippen LogP contribution in [0.15, 0.2) is 29.0 Å². The van der Waals surface area contributed by atoms with Crippen molar-refractivity contribution >= 4 is 15.9 Å². The van der Waals surface area contributed by atoms with E-state index in [0.29, 0.717) is 6.61 Å². The van der Waals surface area contributed by atoms with E-state index >= 15 is 0 Å². The van der Waals surface area contributed by atoms with Gasteiger partial charge in [0, 0.05) is 17.7 Å². The first-order valence-corrected chi connectivity index (χ1v) is 5.67. The quantitative estimate of drug-likeness (QED) is 0.868. The topological polar surface area (TPSA) is 39.9 Å². The van der Waals surface area contributed by atoms with Gasteiger partial charge in [-0.1, -0.05) is 0 Å². The SMILES string of the molecule is Cc1cc(COc2cncc(Br)c2)n(C)n1. The van der Waals surface area contributed by atoms with E-state index in [-0.39, 0.29) is 0 Å².